The van der Waals surface area contributed by atoms with E-state index in [0.29, 0.717) is 10.0 Å². The highest BCUT2D eigenvalue weighted by Gasteiger charge is 2.16. The number of hydrogen-bond acceptors (Lipinski definition) is 6. The van der Waals surface area contributed by atoms with Crippen molar-refractivity contribution in [1.82, 2.24) is 0 Å². The molecule has 6 nitrogen and oxygen atoms in total. The Morgan fingerprint density at radius 2 is 1.80 bits per heavy atom. The number of esters is 1. The average Bonchev–Trinajstić information content (AvgIpc) is 2.74. The molecule has 152 valence electrons. The minimum absolute atomic E-state index is 0.0188. The Bertz CT molecular complexity index is 1110. The van der Waals surface area contributed by atoms with E-state index >= 15 is 0 Å². The number of hydrogen-bond donors (Lipinski definition) is 1. The standard InChI is InChI=1S/C22H14BrFNO5/c23-16-7-11-21(30-22(27)15-2-1-3-18(12-15)25(28)29)19(13-16)20(26)10-6-14-4-8-17(24)9-5-14/h1-13,28H/q-1. The van der Waals surface area contributed by atoms with E-state index in [1.165, 1.54) is 66.7 Å². The number of nitrogens with zero attached hydrogens (tertiary/aromatic N) is 1. The summed E-state index contributed by atoms with van der Waals surface area (Å²) < 4.78 is 18.9. The van der Waals surface area contributed by atoms with Crippen molar-refractivity contribution in [3.05, 3.63) is 105 Å². The first-order valence-electron chi connectivity index (χ1n) is 8.59. The lowest BCUT2D eigenvalue weighted by atomic mass is 10.1. The van der Waals surface area contributed by atoms with Gasteiger partial charge in [-0.2, -0.15) is 0 Å². The van der Waals surface area contributed by atoms with Crippen molar-refractivity contribution < 1.29 is 23.9 Å². The van der Waals surface area contributed by atoms with E-state index in [-0.39, 0.29) is 33.6 Å². The van der Waals surface area contributed by atoms with Gasteiger partial charge in [0.2, 0.25) is 0 Å². The summed E-state index contributed by atoms with van der Waals surface area (Å²) in [6, 6.07) is 15.5. The average molecular weight is 471 g/mol. The summed E-state index contributed by atoms with van der Waals surface area (Å²) in [6.45, 7) is 0. The third kappa shape index (κ3) is 5.38. The molecule has 0 amide bonds. The summed E-state index contributed by atoms with van der Waals surface area (Å²) in [5, 5.41) is 19.6. The third-order valence-corrected chi connectivity index (χ3v) is 4.50. The molecular weight excluding hydrogens is 457 g/mol. The van der Waals surface area contributed by atoms with Gasteiger partial charge in [0, 0.05) is 4.47 Å². The van der Waals surface area contributed by atoms with Crippen LogP contribution in [0.15, 0.2) is 77.3 Å². The van der Waals surface area contributed by atoms with E-state index in [4.69, 9.17) is 9.94 Å². The number of ketones is 1. The molecule has 0 heterocycles. The van der Waals surface area contributed by atoms with Crippen LogP contribution in [0.4, 0.5) is 10.1 Å². The maximum atomic E-state index is 13.0. The summed E-state index contributed by atoms with van der Waals surface area (Å²) in [5.74, 6) is -1.61. The highest BCUT2D eigenvalue weighted by molar-refractivity contribution is 9.10. The molecule has 0 saturated heterocycles. The molecule has 0 aliphatic carbocycles. The summed E-state index contributed by atoms with van der Waals surface area (Å²) in [5.41, 5.74) is 0.630. The molecule has 0 aliphatic heterocycles. The SMILES string of the molecule is O=C(Oc1ccc(Br)cc1C(=O)C=Cc1ccc(F)cc1)c1cccc(N([O-])O)c1. The van der Waals surface area contributed by atoms with Crippen LogP contribution < -0.4 is 9.96 Å². The van der Waals surface area contributed by atoms with Gasteiger partial charge in [-0.25, -0.2) is 9.18 Å². The van der Waals surface area contributed by atoms with Gasteiger partial charge in [-0.3, -0.25) is 10.0 Å². The van der Waals surface area contributed by atoms with Gasteiger partial charge >= 0.3 is 5.97 Å². The minimum atomic E-state index is -0.808. The first-order valence-corrected chi connectivity index (χ1v) is 9.39. The van der Waals surface area contributed by atoms with Gasteiger partial charge in [0.05, 0.1) is 16.8 Å². The van der Waals surface area contributed by atoms with E-state index in [1.807, 2.05) is 0 Å². The number of benzene rings is 3. The smallest absolute Gasteiger partial charge is 0.343 e. The number of carbonyl (C=O) groups is 2. The Morgan fingerprint density at radius 1 is 1.07 bits per heavy atom. The zero-order valence-corrected chi connectivity index (χ0v) is 16.9. The summed E-state index contributed by atoms with van der Waals surface area (Å²) >= 11 is 3.28. The third-order valence-electron chi connectivity index (χ3n) is 4.01. The van der Waals surface area contributed by atoms with Crippen molar-refractivity contribution in [3.63, 3.8) is 0 Å². The molecule has 0 unspecified atom stereocenters. The molecule has 0 aromatic heterocycles. The number of ether oxygens (including phenoxy) is 1. The van der Waals surface area contributed by atoms with Crippen molar-refractivity contribution in [2.45, 2.75) is 0 Å². The Labute approximate surface area is 179 Å². The van der Waals surface area contributed by atoms with Crippen LogP contribution in [0.1, 0.15) is 26.3 Å². The zero-order chi connectivity index (χ0) is 21.7. The van der Waals surface area contributed by atoms with Crippen LogP contribution in [0.25, 0.3) is 6.08 Å². The lowest BCUT2D eigenvalue weighted by Crippen LogP contribution is -2.13. The molecule has 0 bridgehead atoms. The molecular formula is C22H14BrFNO5-. The van der Waals surface area contributed by atoms with Crippen molar-refractivity contribution in [1.29, 1.82) is 0 Å². The molecule has 0 spiro atoms. The van der Waals surface area contributed by atoms with Crippen LogP contribution in [0.3, 0.4) is 0 Å². The van der Waals surface area contributed by atoms with E-state index in [9.17, 15) is 19.2 Å². The molecule has 0 aliphatic rings. The molecule has 0 radical (unpaired) electrons. The second-order valence-corrected chi connectivity index (χ2v) is 7.02. The van der Waals surface area contributed by atoms with E-state index in [1.54, 1.807) is 6.07 Å². The number of carbonyl (C=O) groups excluding carboxylic acids is 2. The lowest BCUT2D eigenvalue weighted by Gasteiger charge is -2.21. The van der Waals surface area contributed by atoms with Crippen LogP contribution in [0.5, 0.6) is 5.75 Å². The molecule has 0 fully saturated rings. The van der Waals surface area contributed by atoms with Crippen LogP contribution in [0.2, 0.25) is 0 Å². The van der Waals surface area contributed by atoms with Crippen molar-refractivity contribution in [2.24, 2.45) is 0 Å². The second-order valence-electron chi connectivity index (χ2n) is 6.10. The van der Waals surface area contributed by atoms with Gasteiger partial charge in [-0.05, 0) is 60.2 Å². The van der Waals surface area contributed by atoms with Crippen LogP contribution in [0, 0.1) is 11.0 Å². The molecule has 3 aromatic rings. The molecule has 1 N–H and O–H groups in total. The summed E-state index contributed by atoms with van der Waals surface area (Å²) in [4.78, 5) is 25.1. The lowest BCUT2D eigenvalue weighted by molar-refractivity contribution is 0.0733. The van der Waals surface area contributed by atoms with Crippen molar-refractivity contribution >= 4 is 39.4 Å². The maximum Gasteiger partial charge on any atom is 0.343 e. The Hall–Kier alpha value is -3.33. The van der Waals surface area contributed by atoms with Gasteiger partial charge in [0.15, 0.2) is 5.78 Å². The fourth-order valence-corrected chi connectivity index (χ4v) is 2.89. The Morgan fingerprint density at radius 3 is 2.50 bits per heavy atom. The molecule has 0 saturated carbocycles. The number of anilines is 1. The first kappa shape index (κ1) is 21.4. The van der Waals surface area contributed by atoms with Crippen LogP contribution >= 0.6 is 15.9 Å². The largest absolute Gasteiger partial charge is 0.733 e. The van der Waals surface area contributed by atoms with E-state index in [0.717, 1.165) is 6.07 Å². The van der Waals surface area contributed by atoms with E-state index < -0.39 is 11.8 Å². The van der Waals surface area contributed by atoms with Crippen molar-refractivity contribution in [2.75, 3.05) is 5.23 Å². The predicted octanol–water partition coefficient (Wildman–Crippen LogP) is 5.40. The molecule has 0 atom stereocenters. The monoisotopic (exact) mass is 470 g/mol. The second kappa shape index (κ2) is 9.45. The van der Waals surface area contributed by atoms with Crippen LogP contribution in [-0.4, -0.2) is 17.0 Å². The maximum absolute atomic E-state index is 13.0. The van der Waals surface area contributed by atoms with E-state index in [2.05, 4.69) is 15.9 Å². The summed E-state index contributed by atoms with van der Waals surface area (Å²) in [7, 11) is 0. The topological polar surface area (TPSA) is 89.9 Å². The molecule has 3 rings (SSSR count). The van der Waals surface area contributed by atoms with Crippen molar-refractivity contribution in [3.8, 4) is 5.75 Å². The molecule has 3 aromatic carbocycles. The first-order chi connectivity index (χ1) is 14.3. The van der Waals surface area contributed by atoms with Gasteiger partial charge in [-0.1, -0.05) is 40.2 Å². The highest BCUT2D eigenvalue weighted by Crippen LogP contribution is 2.26. The van der Waals surface area contributed by atoms with Crippen LogP contribution in [-0.2, 0) is 0 Å². The Kier molecular flexibility index (Phi) is 6.73. The normalized spacial score (nSPS) is 10.8. The fourth-order valence-electron chi connectivity index (χ4n) is 2.53. The molecule has 30 heavy (non-hydrogen) atoms. The van der Waals surface area contributed by atoms with Gasteiger partial charge in [0.25, 0.3) is 0 Å². The summed E-state index contributed by atoms with van der Waals surface area (Å²) in [6.07, 6.45) is 2.80. The number of allylic oxidation sites excluding steroid dienone is 1. The quantitative estimate of drug-likeness (QED) is 0.170. The van der Waals surface area contributed by atoms with Gasteiger partial charge in [-0.15, -0.1) is 0 Å². The Balaban J connectivity index is 1.84. The number of halogens is 2. The minimum Gasteiger partial charge on any atom is -0.733 e. The van der Waals surface area contributed by atoms with Gasteiger partial charge < -0.3 is 15.2 Å². The highest BCUT2D eigenvalue weighted by atomic mass is 79.9. The molecule has 8 heteroatoms. The zero-order valence-electron chi connectivity index (χ0n) is 15.3. The fraction of sp³-hybridized carbons (Fsp3) is 0. The van der Waals surface area contributed by atoms with Gasteiger partial charge in [0.1, 0.15) is 11.6 Å². The number of rotatable bonds is 6. The predicted molar refractivity (Wildman–Crippen MR) is 113 cm³/mol.